The summed E-state index contributed by atoms with van der Waals surface area (Å²) in [7, 11) is 0. The molecular formula is C14H30O. The summed E-state index contributed by atoms with van der Waals surface area (Å²) in [4.78, 5) is 0. The highest BCUT2D eigenvalue weighted by Crippen LogP contribution is 2.23. The quantitative estimate of drug-likeness (QED) is 0.540. The number of rotatable bonds is 8. The third kappa shape index (κ3) is 6.94. The van der Waals surface area contributed by atoms with Crippen molar-refractivity contribution in [3.63, 3.8) is 0 Å². The monoisotopic (exact) mass is 214 g/mol. The van der Waals surface area contributed by atoms with E-state index in [1.54, 1.807) is 0 Å². The van der Waals surface area contributed by atoms with Crippen LogP contribution in [0.2, 0.25) is 0 Å². The van der Waals surface area contributed by atoms with Crippen LogP contribution in [-0.2, 0) is 4.74 Å². The molecule has 0 saturated carbocycles. The van der Waals surface area contributed by atoms with Crippen molar-refractivity contribution in [2.24, 2.45) is 17.8 Å². The molecule has 0 aliphatic carbocycles. The summed E-state index contributed by atoms with van der Waals surface area (Å²) in [6.07, 6.45) is 4.13. The van der Waals surface area contributed by atoms with E-state index in [1.165, 1.54) is 19.3 Å². The molecule has 2 atom stereocenters. The molecular weight excluding hydrogens is 184 g/mol. The maximum absolute atomic E-state index is 6.01. The molecule has 0 N–H and O–H groups in total. The molecule has 92 valence electrons. The molecule has 0 bridgehead atoms. The molecule has 0 amide bonds. The Morgan fingerprint density at radius 2 is 1.60 bits per heavy atom. The average Bonchev–Trinajstić information content (AvgIpc) is 2.10. The third-order valence-electron chi connectivity index (χ3n) is 2.87. The molecule has 0 fully saturated rings. The molecule has 1 nitrogen and oxygen atoms in total. The number of unbranched alkanes of at least 4 members (excludes halogenated alkanes) is 1. The second-order valence-electron chi connectivity index (χ2n) is 5.54. The normalized spacial score (nSPS) is 16.0. The van der Waals surface area contributed by atoms with Gasteiger partial charge in [0.2, 0.25) is 0 Å². The second-order valence-corrected chi connectivity index (χ2v) is 5.54. The van der Waals surface area contributed by atoms with Gasteiger partial charge in [0.1, 0.15) is 0 Å². The van der Waals surface area contributed by atoms with E-state index < -0.39 is 0 Å². The van der Waals surface area contributed by atoms with Crippen LogP contribution in [0.25, 0.3) is 0 Å². The Morgan fingerprint density at radius 3 is 2.00 bits per heavy atom. The maximum atomic E-state index is 6.01. The molecule has 0 saturated heterocycles. The SMILES string of the molecule is CCCCO[C@H](C(C)C)[C@H](C)CC(C)C. The lowest BCUT2D eigenvalue weighted by Gasteiger charge is -2.29. The first kappa shape index (κ1) is 15.0. The van der Waals surface area contributed by atoms with Crippen LogP contribution >= 0.6 is 0 Å². The zero-order valence-corrected chi connectivity index (χ0v) is 11.5. The Labute approximate surface area is 96.6 Å². The van der Waals surface area contributed by atoms with Crippen molar-refractivity contribution < 1.29 is 4.74 Å². The zero-order chi connectivity index (χ0) is 11.8. The number of hydrogen-bond donors (Lipinski definition) is 0. The summed E-state index contributed by atoms with van der Waals surface area (Å²) in [6.45, 7) is 14.6. The molecule has 1 heteroatoms. The van der Waals surface area contributed by atoms with Crippen LogP contribution in [0.4, 0.5) is 0 Å². The van der Waals surface area contributed by atoms with Crippen LogP contribution in [0.5, 0.6) is 0 Å². The van der Waals surface area contributed by atoms with Crippen molar-refractivity contribution in [2.45, 2.75) is 66.9 Å². The van der Waals surface area contributed by atoms with Gasteiger partial charge in [-0.3, -0.25) is 0 Å². The first-order chi connectivity index (χ1) is 6.99. The lowest BCUT2D eigenvalue weighted by atomic mass is 9.88. The average molecular weight is 214 g/mol. The van der Waals surface area contributed by atoms with Gasteiger partial charge in [-0.05, 0) is 30.6 Å². The van der Waals surface area contributed by atoms with Crippen molar-refractivity contribution in [3.8, 4) is 0 Å². The van der Waals surface area contributed by atoms with Gasteiger partial charge in [0.05, 0.1) is 6.10 Å². The Balaban J connectivity index is 4.01. The van der Waals surface area contributed by atoms with E-state index in [0.29, 0.717) is 17.9 Å². The van der Waals surface area contributed by atoms with E-state index in [4.69, 9.17) is 4.74 Å². The summed E-state index contributed by atoms with van der Waals surface area (Å²) in [5.41, 5.74) is 0. The van der Waals surface area contributed by atoms with Crippen molar-refractivity contribution in [3.05, 3.63) is 0 Å². The molecule has 15 heavy (non-hydrogen) atoms. The minimum Gasteiger partial charge on any atom is -0.378 e. The smallest absolute Gasteiger partial charge is 0.0623 e. The molecule has 0 radical (unpaired) electrons. The molecule has 0 aromatic rings. The van der Waals surface area contributed by atoms with Gasteiger partial charge in [-0.2, -0.15) is 0 Å². The standard InChI is InChI=1S/C14H30O/c1-7-8-9-15-14(12(4)5)13(6)10-11(2)3/h11-14H,7-10H2,1-6H3/t13-,14-/m1/s1. The zero-order valence-electron chi connectivity index (χ0n) is 11.5. The molecule has 0 spiro atoms. The van der Waals surface area contributed by atoms with Crippen molar-refractivity contribution >= 4 is 0 Å². The summed E-state index contributed by atoms with van der Waals surface area (Å²) in [6, 6.07) is 0. The predicted octanol–water partition coefficient (Wildman–Crippen LogP) is 4.51. The highest BCUT2D eigenvalue weighted by molar-refractivity contribution is 4.71. The van der Waals surface area contributed by atoms with E-state index in [9.17, 15) is 0 Å². The van der Waals surface area contributed by atoms with Crippen LogP contribution < -0.4 is 0 Å². The van der Waals surface area contributed by atoms with Crippen LogP contribution in [0.3, 0.4) is 0 Å². The fraction of sp³-hybridized carbons (Fsp3) is 1.00. The Hall–Kier alpha value is -0.0400. The Kier molecular flexibility index (Phi) is 8.13. The van der Waals surface area contributed by atoms with Gasteiger partial charge in [-0.1, -0.05) is 48.0 Å². The first-order valence-corrected chi connectivity index (χ1v) is 6.60. The van der Waals surface area contributed by atoms with Crippen LogP contribution in [0, 0.1) is 17.8 Å². The van der Waals surface area contributed by atoms with Crippen molar-refractivity contribution in [1.29, 1.82) is 0 Å². The van der Waals surface area contributed by atoms with Gasteiger partial charge in [0.15, 0.2) is 0 Å². The fourth-order valence-corrected chi connectivity index (χ4v) is 2.26. The van der Waals surface area contributed by atoms with Crippen LogP contribution in [0.15, 0.2) is 0 Å². The minimum absolute atomic E-state index is 0.443. The topological polar surface area (TPSA) is 9.23 Å². The van der Waals surface area contributed by atoms with Gasteiger partial charge >= 0.3 is 0 Å². The Morgan fingerprint density at radius 1 is 1.00 bits per heavy atom. The van der Waals surface area contributed by atoms with Crippen LogP contribution in [0.1, 0.15) is 60.8 Å². The van der Waals surface area contributed by atoms with Gasteiger partial charge in [0.25, 0.3) is 0 Å². The Bertz CT molecular complexity index is 140. The predicted molar refractivity (Wildman–Crippen MR) is 68.1 cm³/mol. The van der Waals surface area contributed by atoms with Gasteiger partial charge < -0.3 is 4.74 Å². The number of ether oxygens (including phenoxy) is 1. The molecule has 0 heterocycles. The van der Waals surface area contributed by atoms with Crippen LogP contribution in [-0.4, -0.2) is 12.7 Å². The van der Waals surface area contributed by atoms with Gasteiger partial charge in [-0.25, -0.2) is 0 Å². The molecule has 0 unspecified atom stereocenters. The summed E-state index contributed by atoms with van der Waals surface area (Å²) in [5, 5.41) is 0. The third-order valence-corrected chi connectivity index (χ3v) is 2.87. The van der Waals surface area contributed by atoms with Gasteiger partial charge in [-0.15, -0.1) is 0 Å². The lowest BCUT2D eigenvalue weighted by molar-refractivity contribution is -0.0191. The van der Waals surface area contributed by atoms with E-state index in [2.05, 4.69) is 41.5 Å². The largest absolute Gasteiger partial charge is 0.378 e. The van der Waals surface area contributed by atoms with E-state index >= 15 is 0 Å². The van der Waals surface area contributed by atoms with E-state index in [0.717, 1.165) is 12.5 Å². The first-order valence-electron chi connectivity index (χ1n) is 6.60. The molecule has 0 aliphatic rings. The lowest BCUT2D eigenvalue weighted by Crippen LogP contribution is -2.29. The van der Waals surface area contributed by atoms with Gasteiger partial charge in [0, 0.05) is 6.61 Å². The van der Waals surface area contributed by atoms with Crippen molar-refractivity contribution in [2.75, 3.05) is 6.61 Å². The number of hydrogen-bond acceptors (Lipinski definition) is 1. The minimum atomic E-state index is 0.443. The molecule has 0 rings (SSSR count). The van der Waals surface area contributed by atoms with E-state index in [1.807, 2.05) is 0 Å². The summed E-state index contributed by atoms with van der Waals surface area (Å²) in [5.74, 6) is 2.09. The van der Waals surface area contributed by atoms with E-state index in [-0.39, 0.29) is 0 Å². The van der Waals surface area contributed by atoms with Crippen molar-refractivity contribution in [1.82, 2.24) is 0 Å². The summed E-state index contributed by atoms with van der Waals surface area (Å²) >= 11 is 0. The molecule has 0 aromatic carbocycles. The molecule has 0 aromatic heterocycles. The second kappa shape index (κ2) is 8.15. The molecule has 0 aliphatic heterocycles. The summed E-state index contributed by atoms with van der Waals surface area (Å²) < 4.78 is 6.01. The fourth-order valence-electron chi connectivity index (χ4n) is 2.26. The highest BCUT2D eigenvalue weighted by Gasteiger charge is 2.21. The highest BCUT2D eigenvalue weighted by atomic mass is 16.5. The maximum Gasteiger partial charge on any atom is 0.0623 e.